The summed E-state index contributed by atoms with van der Waals surface area (Å²) in [6.45, 7) is 3.90. The highest BCUT2D eigenvalue weighted by Gasteiger charge is 2.06. The number of rotatable bonds is 14. The van der Waals surface area contributed by atoms with Crippen LogP contribution in [0.4, 0.5) is 4.39 Å². The van der Waals surface area contributed by atoms with Crippen molar-refractivity contribution in [1.29, 1.82) is 0 Å². The molecule has 0 spiro atoms. The van der Waals surface area contributed by atoms with Crippen molar-refractivity contribution in [3.8, 4) is 11.4 Å². The van der Waals surface area contributed by atoms with Crippen molar-refractivity contribution in [3.63, 3.8) is 0 Å². The quantitative estimate of drug-likeness (QED) is 0.302. The van der Waals surface area contributed by atoms with Crippen LogP contribution in [0.2, 0.25) is 0 Å². The fourth-order valence-electron chi connectivity index (χ4n) is 3.56. The van der Waals surface area contributed by atoms with Gasteiger partial charge in [-0.1, -0.05) is 69.7 Å². The highest BCUT2D eigenvalue weighted by Crippen LogP contribution is 2.23. The third-order valence-corrected chi connectivity index (χ3v) is 5.29. The molecule has 0 amide bonds. The van der Waals surface area contributed by atoms with E-state index < -0.39 is 6.17 Å². The van der Waals surface area contributed by atoms with E-state index in [1.807, 2.05) is 6.07 Å². The van der Waals surface area contributed by atoms with E-state index >= 15 is 0 Å². The molecule has 0 aliphatic carbocycles. The summed E-state index contributed by atoms with van der Waals surface area (Å²) < 4.78 is 13.0. The van der Waals surface area contributed by atoms with Gasteiger partial charge in [-0.25, -0.2) is 14.4 Å². The molecular formula is C26H37FN2. The lowest BCUT2D eigenvalue weighted by molar-refractivity contribution is 0.330. The molecule has 1 aromatic carbocycles. The van der Waals surface area contributed by atoms with Crippen molar-refractivity contribution in [2.75, 3.05) is 0 Å². The van der Waals surface area contributed by atoms with Crippen LogP contribution in [0.15, 0.2) is 42.7 Å². The Hall–Kier alpha value is -2.03. The zero-order valence-corrected chi connectivity index (χ0v) is 18.2. The minimum Gasteiger partial charge on any atom is -0.248 e. The number of aromatic nitrogens is 2. The number of alkyl halides is 1. The van der Waals surface area contributed by atoms with Gasteiger partial charge in [0.25, 0.3) is 0 Å². The van der Waals surface area contributed by atoms with Gasteiger partial charge in [-0.15, -0.1) is 0 Å². The smallest absolute Gasteiger partial charge is 0.159 e. The van der Waals surface area contributed by atoms with Gasteiger partial charge in [0.15, 0.2) is 5.82 Å². The molecule has 1 aromatic heterocycles. The topological polar surface area (TPSA) is 25.8 Å². The Morgan fingerprint density at radius 1 is 0.966 bits per heavy atom. The predicted octanol–water partition coefficient (Wildman–Crippen LogP) is 7.98. The number of hydrogen-bond acceptors (Lipinski definition) is 2. The summed E-state index contributed by atoms with van der Waals surface area (Å²) in [5.74, 6) is 0.769. The molecule has 1 heterocycles. The van der Waals surface area contributed by atoms with Crippen LogP contribution in [0.25, 0.3) is 17.5 Å². The lowest BCUT2D eigenvalue weighted by Gasteiger charge is -2.09. The van der Waals surface area contributed by atoms with E-state index in [9.17, 15) is 4.39 Å². The maximum absolute atomic E-state index is 13.0. The monoisotopic (exact) mass is 396 g/mol. The molecule has 158 valence electrons. The van der Waals surface area contributed by atoms with Crippen molar-refractivity contribution in [1.82, 2.24) is 9.97 Å². The Kier molecular flexibility index (Phi) is 11.3. The van der Waals surface area contributed by atoms with Crippen LogP contribution >= 0.6 is 0 Å². The van der Waals surface area contributed by atoms with Gasteiger partial charge in [-0.2, -0.15) is 0 Å². The highest BCUT2D eigenvalue weighted by atomic mass is 19.1. The number of benzene rings is 1. The van der Waals surface area contributed by atoms with Crippen molar-refractivity contribution >= 4 is 6.08 Å². The minimum absolute atomic E-state index is 0.676. The molecule has 0 fully saturated rings. The van der Waals surface area contributed by atoms with Gasteiger partial charge in [0.1, 0.15) is 0 Å². The molecule has 0 bridgehead atoms. The second kappa shape index (κ2) is 14.0. The van der Waals surface area contributed by atoms with E-state index in [2.05, 4.69) is 47.2 Å². The van der Waals surface area contributed by atoms with Crippen LogP contribution in [0, 0.1) is 0 Å². The Bertz CT molecular complexity index is 710. The van der Waals surface area contributed by atoms with Gasteiger partial charge in [0, 0.05) is 18.0 Å². The van der Waals surface area contributed by atoms with E-state index in [1.165, 1.54) is 43.2 Å². The van der Waals surface area contributed by atoms with Crippen LogP contribution in [0.1, 0.15) is 89.2 Å². The highest BCUT2D eigenvalue weighted by molar-refractivity contribution is 5.64. The molecule has 29 heavy (non-hydrogen) atoms. The van der Waals surface area contributed by atoms with Gasteiger partial charge >= 0.3 is 0 Å². The van der Waals surface area contributed by atoms with Crippen molar-refractivity contribution in [2.24, 2.45) is 0 Å². The number of hydrogen-bond donors (Lipinski definition) is 0. The Balaban J connectivity index is 2.00. The normalized spacial score (nSPS) is 12.5. The number of allylic oxidation sites excluding steroid dienone is 1. The second-order valence-corrected chi connectivity index (χ2v) is 7.97. The molecule has 3 heteroatoms. The summed E-state index contributed by atoms with van der Waals surface area (Å²) in [4.78, 5) is 8.78. The molecule has 0 radical (unpaired) electrons. The van der Waals surface area contributed by atoms with Gasteiger partial charge in [0.2, 0.25) is 0 Å². The van der Waals surface area contributed by atoms with Gasteiger partial charge < -0.3 is 0 Å². The van der Waals surface area contributed by atoms with E-state index in [0.717, 1.165) is 43.5 Å². The van der Waals surface area contributed by atoms with Crippen LogP contribution < -0.4 is 0 Å². The maximum atomic E-state index is 13.0. The van der Waals surface area contributed by atoms with Crippen LogP contribution in [0.3, 0.4) is 0 Å². The van der Waals surface area contributed by atoms with Crippen LogP contribution in [0.5, 0.6) is 0 Å². The third kappa shape index (κ3) is 9.34. The number of aryl methyl sites for hydroxylation is 1. The zero-order chi connectivity index (χ0) is 20.7. The molecule has 1 unspecified atom stereocenters. The van der Waals surface area contributed by atoms with Crippen molar-refractivity contribution in [3.05, 3.63) is 53.9 Å². The number of halogens is 1. The lowest BCUT2D eigenvalue weighted by Crippen LogP contribution is -1.95. The summed E-state index contributed by atoms with van der Waals surface area (Å²) >= 11 is 0. The molecule has 0 aliphatic heterocycles. The number of unbranched alkanes of at least 4 members (excludes halogenated alkanes) is 7. The average molecular weight is 397 g/mol. The Morgan fingerprint density at radius 2 is 1.72 bits per heavy atom. The standard InChI is InChI=1S/C26H37FN2/c1-3-4-5-6-7-8-11-16-24-21-25(26-28-19-13-20-29-26)18-17-23(24)15-12-9-10-14-22(2)27/h11,13,16-22H,3-10,12,14-15H2,1-2H3. The summed E-state index contributed by atoms with van der Waals surface area (Å²) in [6, 6.07) is 8.39. The fraction of sp³-hybridized carbons (Fsp3) is 0.538. The molecule has 2 aromatic rings. The predicted molar refractivity (Wildman–Crippen MR) is 123 cm³/mol. The summed E-state index contributed by atoms with van der Waals surface area (Å²) in [7, 11) is 0. The van der Waals surface area contributed by atoms with E-state index in [4.69, 9.17) is 0 Å². The Labute approximate surface area is 176 Å². The summed E-state index contributed by atoms with van der Waals surface area (Å²) in [5, 5.41) is 0. The molecular weight excluding hydrogens is 359 g/mol. The third-order valence-electron chi connectivity index (χ3n) is 5.29. The Morgan fingerprint density at radius 3 is 2.48 bits per heavy atom. The maximum Gasteiger partial charge on any atom is 0.159 e. The molecule has 0 saturated heterocycles. The van der Waals surface area contributed by atoms with E-state index in [1.54, 1.807) is 19.3 Å². The molecule has 0 N–H and O–H groups in total. The zero-order valence-electron chi connectivity index (χ0n) is 18.2. The first kappa shape index (κ1) is 23.3. The number of nitrogens with zero attached hydrogens (tertiary/aromatic N) is 2. The molecule has 2 rings (SSSR count). The molecule has 0 saturated carbocycles. The fourth-order valence-corrected chi connectivity index (χ4v) is 3.56. The van der Waals surface area contributed by atoms with Gasteiger partial charge in [-0.05, 0) is 62.3 Å². The van der Waals surface area contributed by atoms with Crippen LogP contribution in [-0.4, -0.2) is 16.1 Å². The largest absolute Gasteiger partial charge is 0.248 e. The minimum atomic E-state index is -0.684. The van der Waals surface area contributed by atoms with Crippen molar-refractivity contribution in [2.45, 2.75) is 90.6 Å². The lowest BCUT2D eigenvalue weighted by atomic mass is 9.97. The van der Waals surface area contributed by atoms with Gasteiger partial charge in [-0.3, -0.25) is 0 Å². The first-order valence-electron chi connectivity index (χ1n) is 11.4. The molecule has 2 nitrogen and oxygen atoms in total. The van der Waals surface area contributed by atoms with E-state index in [-0.39, 0.29) is 0 Å². The van der Waals surface area contributed by atoms with Crippen molar-refractivity contribution < 1.29 is 4.39 Å². The average Bonchev–Trinajstić information content (AvgIpc) is 2.74. The SMILES string of the molecule is CCCCCCCC=Cc1cc(-c2ncccn2)ccc1CCCCCC(C)F. The second-order valence-electron chi connectivity index (χ2n) is 7.97. The first-order chi connectivity index (χ1) is 14.2. The summed E-state index contributed by atoms with van der Waals surface area (Å²) in [5.41, 5.74) is 3.69. The van der Waals surface area contributed by atoms with E-state index in [0.29, 0.717) is 6.42 Å². The van der Waals surface area contributed by atoms with Gasteiger partial charge in [0.05, 0.1) is 6.17 Å². The van der Waals surface area contributed by atoms with Crippen LogP contribution in [-0.2, 0) is 6.42 Å². The molecule has 1 atom stereocenters. The molecule has 0 aliphatic rings. The summed E-state index contributed by atoms with van der Waals surface area (Å²) in [6.07, 6.45) is 20.0. The first-order valence-corrected chi connectivity index (χ1v) is 11.4.